The number of methoxy groups -OCH3 is 3. The van der Waals surface area contributed by atoms with E-state index in [0.717, 1.165) is 109 Å². The molecule has 7 aromatic rings. The molecule has 12 heteroatoms. The summed E-state index contributed by atoms with van der Waals surface area (Å²) in [5, 5.41) is 1.77. The van der Waals surface area contributed by atoms with Gasteiger partial charge in [0.15, 0.2) is 17.7 Å². The SMILES string of the molecule is CC[C@H]1CN2CCC1CC2[C@@H](Oc1ccc(O[C@@H](c2ccnc3ccc(OC)cc23)C2C[C@@H]3CC[N+]2(C/C(=C\c2ccccc2)C(=O)OC)C[C@@H]3CC)c2c1C(=O)c1ccccc1C2=O)c1cnc2ccc(OC)cc2c1. The maximum absolute atomic E-state index is 15.5. The Labute approximate surface area is 450 Å². The minimum atomic E-state index is -0.690. The number of ether oxygens (including phenoxy) is 5. The number of benzene rings is 5. The van der Waals surface area contributed by atoms with Gasteiger partial charge < -0.3 is 28.2 Å². The van der Waals surface area contributed by atoms with E-state index in [4.69, 9.17) is 33.7 Å². The van der Waals surface area contributed by atoms with Crippen molar-refractivity contribution in [2.75, 3.05) is 54.1 Å². The number of hydrogen-bond donors (Lipinski definition) is 0. The van der Waals surface area contributed by atoms with Crippen LogP contribution in [-0.2, 0) is 9.53 Å². The normalized spacial score (nSPS) is 25.2. The van der Waals surface area contributed by atoms with Crippen LogP contribution in [0.2, 0.25) is 0 Å². The highest BCUT2D eigenvalue weighted by molar-refractivity contribution is 6.30. The van der Waals surface area contributed by atoms with Crippen molar-refractivity contribution >= 4 is 45.4 Å². The lowest BCUT2D eigenvalue weighted by Gasteiger charge is -2.59. The first-order valence-electron chi connectivity index (χ1n) is 27.6. The minimum absolute atomic E-state index is 0.00976. The lowest BCUT2D eigenvalue weighted by molar-refractivity contribution is -0.969. The third-order valence-electron chi connectivity index (χ3n) is 18.2. The van der Waals surface area contributed by atoms with Crippen LogP contribution in [0.15, 0.2) is 133 Å². The molecule has 77 heavy (non-hydrogen) atoms. The standard InChI is InChI=1S/C65H67N4O8/c1-6-40-36-68-27-24-42(40)32-55(68)63(45-30-44-31-47(73-3)17-19-53(44)67-35-45)76-57-21-22-58(60-59(57)61(70)49-15-11-12-16-50(49)62(60)71)77-64(51-23-26-66-54-20-18-48(74-4)34-52(51)54)56-33-43-25-28-69(56,37-41(43)7-2)38-46(65(72)75-5)29-39-13-9-8-10-14-39/h8-23,26,29-31,34-35,40-43,55-56,63-64H,6-7,24-25,27-28,32-33,36-38H2,1-5H3/q+1/b46-29+/t40-,41-,42?,43-,55?,56?,63-,64-,69?/m0/s1. The predicted octanol–water partition coefficient (Wildman–Crippen LogP) is 11.8. The van der Waals surface area contributed by atoms with Crippen LogP contribution >= 0.6 is 0 Å². The lowest BCUT2D eigenvalue weighted by Crippen LogP contribution is -2.69. The topological polar surface area (TPSA) is 126 Å². The monoisotopic (exact) mass is 1030 g/mol. The van der Waals surface area contributed by atoms with Crippen molar-refractivity contribution in [3.05, 3.63) is 172 Å². The summed E-state index contributed by atoms with van der Waals surface area (Å²) in [6.07, 6.45) is 10.5. The summed E-state index contributed by atoms with van der Waals surface area (Å²) >= 11 is 0. The largest absolute Gasteiger partial charge is 0.497 e. The van der Waals surface area contributed by atoms with Gasteiger partial charge in [0.1, 0.15) is 41.7 Å². The molecule has 0 spiro atoms. The maximum atomic E-state index is 15.5. The van der Waals surface area contributed by atoms with E-state index in [1.165, 1.54) is 7.11 Å². The number of piperidine rings is 6. The van der Waals surface area contributed by atoms with Gasteiger partial charge in [-0.2, -0.15) is 0 Å². The van der Waals surface area contributed by atoms with E-state index >= 15 is 9.59 Å². The van der Waals surface area contributed by atoms with Gasteiger partial charge >= 0.3 is 5.97 Å². The van der Waals surface area contributed by atoms with E-state index in [2.05, 4.69) is 24.8 Å². The fourth-order valence-electron chi connectivity index (χ4n) is 14.3. The molecule has 6 aliphatic heterocycles. The molecule has 0 radical (unpaired) electrons. The van der Waals surface area contributed by atoms with Gasteiger partial charge in [-0.25, -0.2) is 4.79 Å². The zero-order valence-corrected chi connectivity index (χ0v) is 44.7. The van der Waals surface area contributed by atoms with Gasteiger partial charge in [-0.15, -0.1) is 0 Å². The smallest absolute Gasteiger partial charge is 0.339 e. The van der Waals surface area contributed by atoms with Crippen LogP contribution in [0.1, 0.15) is 113 Å². The van der Waals surface area contributed by atoms with E-state index in [0.29, 0.717) is 68.6 Å². The highest BCUT2D eigenvalue weighted by atomic mass is 16.5. The predicted molar refractivity (Wildman–Crippen MR) is 297 cm³/mol. The maximum Gasteiger partial charge on any atom is 0.339 e. The number of rotatable bonds is 16. The molecule has 1 aliphatic carbocycles. The molecular formula is C65H67N4O8+. The molecule has 0 N–H and O–H groups in total. The Morgan fingerprint density at radius 3 is 2.08 bits per heavy atom. The highest BCUT2D eigenvalue weighted by Crippen LogP contribution is 2.52. The first-order chi connectivity index (χ1) is 37.6. The molecule has 2 aromatic heterocycles. The summed E-state index contributed by atoms with van der Waals surface area (Å²) in [6, 6.07) is 36.3. The second kappa shape index (κ2) is 20.9. The van der Waals surface area contributed by atoms with E-state index < -0.39 is 12.2 Å². The Kier molecular flexibility index (Phi) is 13.6. The van der Waals surface area contributed by atoms with Gasteiger partial charge in [0.25, 0.3) is 0 Å². The number of carbonyl (C=O) groups excluding carboxylic acids is 3. The number of fused-ring (bicyclic) bond motifs is 10. The lowest BCUT2D eigenvalue weighted by atomic mass is 9.70. The molecule has 5 aromatic carbocycles. The van der Waals surface area contributed by atoms with Crippen molar-refractivity contribution in [3.63, 3.8) is 0 Å². The molecule has 5 unspecified atom stereocenters. The van der Waals surface area contributed by atoms with Gasteiger partial charge in [-0.1, -0.05) is 74.9 Å². The van der Waals surface area contributed by atoms with Gasteiger partial charge in [-0.3, -0.25) is 24.5 Å². The Morgan fingerprint density at radius 2 is 1.40 bits per heavy atom. The molecule has 6 saturated heterocycles. The van der Waals surface area contributed by atoms with Crippen LogP contribution in [0.3, 0.4) is 0 Å². The third kappa shape index (κ3) is 9.12. The number of esters is 1. The van der Waals surface area contributed by atoms with Crippen LogP contribution in [0.5, 0.6) is 23.0 Å². The second-order valence-corrected chi connectivity index (χ2v) is 22.1. The molecule has 6 fully saturated rings. The highest BCUT2D eigenvalue weighted by Gasteiger charge is 2.56. The molecule has 8 heterocycles. The first-order valence-corrected chi connectivity index (χ1v) is 27.6. The zero-order chi connectivity index (χ0) is 53.0. The van der Waals surface area contributed by atoms with Crippen LogP contribution in [0.4, 0.5) is 0 Å². The van der Waals surface area contributed by atoms with E-state index in [1.54, 1.807) is 38.5 Å². The molecule has 0 saturated carbocycles. The molecule has 10 atom stereocenters. The molecule has 0 amide bonds. The van der Waals surface area contributed by atoms with Crippen molar-refractivity contribution in [2.24, 2.45) is 23.7 Å². The average molecular weight is 1030 g/mol. The van der Waals surface area contributed by atoms with Gasteiger partial charge in [0.05, 0.1) is 68.2 Å². The Hall–Kier alpha value is -7.41. The summed E-state index contributed by atoms with van der Waals surface area (Å²) in [5.41, 5.74) is 5.86. The molecule has 394 valence electrons. The summed E-state index contributed by atoms with van der Waals surface area (Å²) in [5.74, 6) is 3.00. The minimum Gasteiger partial charge on any atom is -0.497 e. The number of hydrogen-bond acceptors (Lipinski definition) is 11. The summed E-state index contributed by atoms with van der Waals surface area (Å²) in [4.78, 5) is 57.4. The molecule has 14 rings (SSSR count). The van der Waals surface area contributed by atoms with E-state index in [9.17, 15) is 4.79 Å². The van der Waals surface area contributed by atoms with Crippen LogP contribution in [0, 0.1) is 23.7 Å². The van der Waals surface area contributed by atoms with Crippen molar-refractivity contribution in [2.45, 2.75) is 76.7 Å². The van der Waals surface area contributed by atoms with E-state index in [1.807, 2.05) is 103 Å². The summed E-state index contributed by atoms with van der Waals surface area (Å²) < 4.78 is 32.7. The van der Waals surface area contributed by atoms with Crippen molar-refractivity contribution in [3.8, 4) is 23.0 Å². The first kappa shape index (κ1) is 50.4. The van der Waals surface area contributed by atoms with Crippen molar-refractivity contribution in [1.82, 2.24) is 14.9 Å². The van der Waals surface area contributed by atoms with Crippen LogP contribution in [0.25, 0.3) is 27.9 Å². The second-order valence-electron chi connectivity index (χ2n) is 22.1. The van der Waals surface area contributed by atoms with Gasteiger partial charge in [0, 0.05) is 70.7 Å². The fraction of sp³-hybridized carbons (Fsp3) is 0.369. The van der Waals surface area contributed by atoms with Crippen LogP contribution < -0.4 is 18.9 Å². The fourth-order valence-corrected chi connectivity index (χ4v) is 14.3. The van der Waals surface area contributed by atoms with E-state index in [-0.39, 0.29) is 40.7 Å². The van der Waals surface area contributed by atoms with Gasteiger partial charge in [-0.05, 0) is 116 Å². The Bertz CT molecular complexity index is 3450. The van der Waals surface area contributed by atoms with Crippen LogP contribution in [-0.4, -0.2) is 103 Å². The summed E-state index contributed by atoms with van der Waals surface area (Å²) in [7, 11) is 4.76. The number of pyridine rings is 2. The Balaban J connectivity index is 1.03. The number of aromatic nitrogens is 2. The van der Waals surface area contributed by atoms with Crippen molar-refractivity contribution < 1.29 is 42.6 Å². The number of ketones is 2. The zero-order valence-electron chi connectivity index (χ0n) is 44.7. The quantitative estimate of drug-likeness (QED) is 0.0521. The van der Waals surface area contributed by atoms with Gasteiger partial charge in [0.2, 0.25) is 0 Å². The molecule has 4 bridgehead atoms. The number of carbonyl (C=O) groups is 3. The Morgan fingerprint density at radius 1 is 0.727 bits per heavy atom. The average Bonchev–Trinajstić information content (AvgIpc) is 3.55. The third-order valence-corrected chi connectivity index (χ3v) is 18.2. The number of quaternary nitrogens is 1. The molecule has 7 aliphatic rings. The number of nitrogens with zero attached hydrogens (tertiary/aromatic N) is 4. The summed E-state index contributed by atoms with van der Waals surface area (Å²) in [6.45, 7) is 8.52. The van der Waals surface area contributed by atoms with Crippen molar-refractivity contribution in [1.29, 1.82) is 0 Å². The molecular weight excluding hydrogens is 965 g/mol. The molecule has 12 nitrogen and oxygen atoms in total.